The molecule has 0 aromatic carbocycles. The normalized spacial score (nSPS) is 28.8. The molecular weight excluding hydrogens is 762 g/mol. The minimum absolute atomic E-state index is 0.228. The van der Waals surface area contributed by atoms with Crippen molar-refractivity contribution in [3.63, 3.8) is 0 Å². The highest BCUT2D eigenvalue weighted by Crippen LogP contribution is 2.30. The van der Waals surface area contributed by atoms with Crippen LogP contribution in [-0.4, -0.2) is 140 Å². The lowest BCUT2D eigenvalue weighted by molar-refractivity contribution is -0.359. The van der Waals surface area contributed by atoms with Crippen LogP contribution >= 0.6 is 0 Å². The van der Waals surface area contributed by atoms with Crippen molar-refractivity contribution in [2.75, 3.05) is 19.8 Å². The summed E-state index contributed by atoms with van der Waals surface area (Å²) in [4.78, 5) is 13.1. The fraction of sp³-hybridized carbons (Fsp3) is 0.844. The van der Waals surface area contributed by atoms with Gasteiger partial charge in [-0.3, -0.25) is 4.79 Å². The number of unbranched alkanes of at least 4 members (excludes halogenated alkanes) is 14. The van der Waals surface area contributed by atoms with Crippen molar-refractivity contribution in [3.8, 4) is 0 Å². The molecule has 344 valence electrons. The van der Waals surface area contributed by atoms with E-state index in [1.807, 2.05) is 0 Å². The smallest absolute Gasteiger partial charge is 0.220 e. The third-order valence-corrected chi connectivity index (χ3v) is 11.1. The van der Waals surface area contributed by atoms with Crippen LogP contribution in [0.3, 0.4) is 0 Å². The van der Waals surface area contributed by atoms with E-state index in [9.17, 15) is 45.6 Å². The number of ether oxygens (including phenoxy) is 4. The predicted octanol–water partition coefficient (Wildman–Crippen LogP) is 4.37. The summed E-state index contributed by atoms with van der Waals surface area (Å²) in [5, 5.41) is 86.2. The van der Waals surface area contributed by atoms with Gasteiger partial charge < -0.3 is 65.1 Å². The zero-order valence-electron chi connectivity index (χ0n) is 36.0. The van der Waals surface area contributed by atoms with Gasteiger partial charge in [0.25, 0.3) is 0 Å². The first-order valence-corrected chi connectivity index (χ1v) is 22.7. The minimum Gasteiger partial charge on any atom is -0.394 e. The number of hydrogen-bond donors (Lipinski definition) is 9. The maximum atomic E-state index is 13.1. The van der Waals surface area contributed by atoms with Crippen molar-refractivity contribution < 1.29 is 64.6 Å². The van der Waals surface area contributed by atoms with Crippen molar-refractivity contribution in [1.82, 2.24) is 5.32 Å². The molecule has 1 amide bonds. The third kappa shape index (κ3) is 21.2. The summed E-state index contributed by atoms with van der Waals surface area (Å²) in [6.45, 7) is 2.71. The molecule has 14 heteroatoms. The topological polar surface area (TPSA) is 228 Å². The van der Waals surface area contributed by atoms with Gasteiger partial charge in [0.15, 0.2) is 12.6 Å². The highest BCUT2D eigenvalue weighted by atomic mass is 16.7. The van der Waals surface area contributed by atoms with Gasteiger partial charge in [-0.05, 0) is 51.4 Å². The van der Waals surface area contributed by atoms with Gasteiger partial charge in [-0.15, -0.1) is 0 Å². The second-order valence-corrected chi connectivity index (χ2v) is 16.2. The Kier molecular flexibility index (Phi) is 29.7. The molecule has 12 atom stereocenters. The number of amides is 1. The van der Waals surface area contributed by atoms with Crippen molar-refractivity contribution >= 4 is 5.91 Å². The molecular formula is C45H81NO13. The maximum absolute atomic E-state index is 13.1. The van der Waals surface area contributed by atoms with Gasteiger partial charge in [0.2, 0.25) is 5.91 Å². The molecule has 59 heavy (non-hydrogen) atoms. The molecule has 0 radical (unpaired) electrons. The summed E-state index contributed by atoms with van der Waals surface area (Å²) < 4.78 is 22.6. The number of carbonyl (C=O) groups is 1. The van der Waals surface area contributed by atoms with E-state index in [1.165, 1.54) is 25.7 Å². The zero-order valence-corrected chi connectivity index (χ0v) is 36.0. The van der Waals surface area contributed by atoms with Gasteiger partial charge in [-0.25, -0.2) is 0 Å². The monoisotopic (exact) mass is 844 g/mol. The number of aliphatic hydroxyl groups is 8. The van der Waals surface area contributed by atoms with E-state index in [0.29, 0.717) is 12.8 Å². The van der Waals surface area contributed by atoms with Crippen molar-refractivity contribution in [2.24, 2.45) is 0 Å². The van der Waals surface area contributed by atoms with Gasteiger partial charge in [0.1, 0.15) is 48.8 Å². The first kappa shape index (κ1) is 53.3. The largest absolute Gasteiger partial charge is 0.394 e. The number of carbonyl (C=O) groups excluding carboxylic acids is 1. The molecule has 2 saturated heterocycles. The van der Waals surface area contributed by atoms with Crippen molar-refractivity contribution in [2.45, 2.75) is 222 Å². The first-order chi connectivity index (χ1) is 28.6. The van der Waals surface area contributed by atoms with E-state index >= 15 is 0 Å². The van der Waals surface area contributed by atoms with Crippen molar-refractivity contribution in [1.29, 1.82) is 0 Å². The predicted molar refractivity (Wildman–Crippen MR) is 226 cm³/mol. The summed E-state index contributed by atoms with van der Waals surface area (Å²) in [5.41, 5.74) is 0. The zero-order chi connectivity index (χ0) is 43.3. The van der Waals surface area contributed by atoms with Gasteiger partial charge in [0, 0.05) is 6.42 Å². The summed E-state index contributed by atoms with van der Waals surface area (Å²) in [6.07, 6.45) is 17.6. The summed E-state index contributed by atoms with van der Waals surface area (Å²) in [7, 11) is 0. The third-order valence-electron chi connectivity index (χ3n) is 11.1. The van der Waals surface area contributed by atoms with Crippen LogP contribution in [0.2, 0.25) is 0 Å². The highest BCUT2D eigenvalue weighted by molar-refractivity contribution is 5.76. The molecule has 0 bridgehead atoms. The lowest BCUT2D eigenvalue weighted by Gasteiger charge is -2.46. The molecule has 0 aliphatic carbocycles. The van der Waals surface area contributed by atoms with Crippen LogP contribution in [0.15, 0.2) is 36.5 Å². The van der Waals surface area contributed by atoms with E-state index < -0.39 is 86.8 Å². The molecule has 0 saturated carbocycles. The Labute approximate surface area is 353 Å². The number of allylic oxidation sites excluding steroid dienone is 6. The number of rotatable bonds is 33. The van der Waals surface area contributed by atoms with E-state index in [4.69, 9.17) is 18.9 Å². The lowest BCUT2D eigenvalue weighted by Crippen LogP contribution is -2.65. The fourth-order valence-corrected chi connectivity index (χ4v) is 7.30. The van der Waals surface area contributed by atoms with E-state index in [1.54, 1.807) is 0 Å². The van der Waals surface area contributed by atoms with Gasteiger partial charge >= 0.3 is 0 Å². The van der Waals surface area contributed by atoms with Gasteiger partial charge in [-0.1, -0.05) is 127 Å². The maximum Gasteiger partial charge on any atom is 0.220 e. The second kappa shape index (κ2) is 32.9. The van der Waals surface area contributed by atoms with Crippen LogP contribution in [0.25, 0.3) is 0 Å². The Morgan fingerprint density at radius 3 is 1.75 bits per heavy atom. The molecule has 2 rings (SSSR count). The van der Waals surface area contributed by atoms with Gasteiger partial charge in [-0.2, -0.15) is 0 Å². The fourth-order valence-electron chi connectivity index (χ4n) is 7.30. The van der Waals surface area contributed by atoms with Crippen LogP contribution in [0.5, 0.6) is 0 Å². The summed E-state index contributed by atoms with van der Waals surface area (Å²) >= 11 is 0. The molecule has 2 aliphatic rings. The number of aliphatic hydroxyl groups excluding tert-OH is 8. The standard InChI is InChI=1S/C45H81NO13/c1-3-5-7-9-11-12-13-14-15-16-17-18-19-20-21-22-23-25-27-29-37(50)46-33(34(49)28-26-24-10-8-6-4-2)32-56-44-42(55)40(53)43(36(31-48)58-44)59-45-41(54)39(52)38(51)35(30-47)57-45/h11-12,14-15,17-18,33-36,38-45,47-49,51-55H,3-10,13,16,19-32H2,1-2H3,(H,46,50)/b12-11-,15-14-,18-17-. The van der Waals surface area contributed by atoms with Crippen molar-refractivity contribution in [3.05, 3.63) is 36.5 Å². The minimum atomic E-state index is -1.78. The molecule has 9 N–H and O–H groups in total. The molecule has 0 aromatic rings. The quantitative estimate of drug-likeness (QED) is 0.0331. The van der Waals surface area contributed by atoms with Crippen LogP contribution in [0.4, 0.5) is 0 Å². The van der Waals surface area contributed by atoms with E-state index in [-0.39, 0.29) is 18.9 Å². The van der Waals surface area contributed by atoms with E-state index in [2.05, 4.69) is 55.6 Å². The lowest BCUT2D eigenvalue weighted by atomic mass is 9.97. The molecule has 2 fully saturated rings. The SMILES string of the molecule is CCCCC/C=C\C/C=C\C/C=C\CCCCCCCCC(=O)NC(COC1OC(CO)C(OC2OC(CO)C(O)C(O)C2O)C(O)C1O)C(O)CCCCCCCC. The van der Waals surface area contributed by atoms with E-state index in [0.717, 1.165) is 89.9 Å². The molecule has 2 aliphatic heterocycles. The summed E-state index contributed by atoms with van der Waals surface area (Å²) in [5.74, 6) is -0.228. The Balaban J connectivity index is 1.80. The number of hydrogen-bond acceptors (Lipinski definition) is 13. The average Bonchev–Trinajstić information content (AvgIpc) is 3.23. The van der Waals surface area contributed by atoms with Crippen LogP contribution in [0, 0.1) is 0 Å². The summed E-state index contributed by atoms with van der Waals surface area (Å²) in [6, 6.07) is -0.831. The molecule has 12 unspecified atom stereocenters. The Morgan fingerprint density at radius 2 is 1.12 bits per heavy atom. The van der Waals surface area contributed by atoms with Gasteiger partial charge in [0.05, 0.1) is 32.0 Å². The number of nitrogens with one attached hydrogen (secondary N) is 1. The Morgan fingerprint density at radius 1 is 0.610 bits per heavy atom. The molecule has 2 heterocycles. The highest BCUT2D eigenvalue weighted by Gasteiger charge is 2.51. The van der Waals surface area contributed by atoms with Crippen LogP contribution in [0.1, 0.15) is 149 Å². The average molecular weight is 844 g/mol. The Hall–Kier alpha value is -1.79. The first-order valence-electron chi connectivity index (χ1n) is 22.7. The molecule has 0 spiro atoms. The second-order valence-electron chi connectivity index (χ2n) is 16.2. The van der Waals surface area contributed by atoms with Crippen LogP contribution in [-0.2, 0) is 23.7 Å². The molecule has 0 aromatic heterocycles. The molecule has 14 nitrogen and oxygen atoms in total. The Bertz CT molecular complexity index is 1140. The van der Waals surface area contributed by atoms with Crippen LogP contribution < -0.4 is 5.32 Å².